The van der Waals surface area contributed by atoms with Crippen molar-refractivity contribution in [3.8, 4) is 5.75 Å². The quantitative estimate of drug-likeness (QED) is 0.680. The number of hydrogen-bond acceptors (Lipinski definition) is 4. The number of rotatable bonds is 6. The predicted octanol–water partition coefficient (Wildman–Crippen LogP) is 3.75. The van der Waals surface area contributed by atoms with Gasteiger partial charge in [-0.25, -0.2) is 8.42 Å². The van der Waals surface area contributed by atoms with Crippen molar-refractivity contribution in [1.82, 2.24) is 0 Å². The summed E-state index contributed by atoms with van der Waals surface area (Å²) in [5, 5.41) is 2.74. The number of carbonyl (C=O) groups is 1. The largest absolute Gasteiger partial charge is 0.495 e. The van der Waals surface area contributed by atoms with Gasteiger partial charge in [0, 0.05) is 0 Å². The van der Waals surface area contributed by atoms with Gasteiger partial charge in [0.25, 0.3) is 15.9 Å². The fourth-order valence-electron chi connectivity index (χ4n) is 2.51. The highest BCUT2D eigenvalue weighted by Crippen LogP contribution is 2.26. The molecule has 0 fully saturated rings. The highest BCUT2D eigenvalue weighted by molar-refractivity contribution is 7.92. The van der Waals surface area contributed by atoms with Crippen LogP contribution in [0.4, 0.5) is 11.4 Å². The number of amides is 1. The molecule has 0 unspecified atom stereocenters. The summed E-state index contributed by atoms with van der Waals surface area (Å²) in [6.07, 6.45) is 0. The lowest BCUT2D eigenvalue weighted by Crippen LogP contribution is -2.18. The first-order valence-corrected chi connectivity index (χ1v) is 9.61. The van der Waals surface area contributed by atoms with E-state index >= 15 is 0 Å². The molecule has 0 saturated carbocycles. The summed E-state index contributed by atoms with van der Waals surface area (Å²) in [4.78, 5) is 12.8. The Kier molecular flexibility index (Phi) is 5.42. The lowest BCUT2D eigenvalue weighted by atomic mass is 10.1. The van der Waals surface area contributed by atoms with Crippen LogP contribution >= 0.6 is 0 Å². The fraction of sp³-hybridized carbons (Fsp3) is 0.0500. The SMILES string of the molecule is COc1ccccc1NC(=O)c1ccccc1NS(=O)(=O)c1ccccc1. The van der Waals surface area contributed by atoms with Crippen LogP contribution in [0.5, 0.6) is 5.75 Å². The molecule has 1 amide bonds. The molecule has 27 heavy (non-hydrogen) atoms. The first-order valence-electron chi connectivity index (χ1n) is 8.12. The van der Waals surface area contributed by atoms with Crippen molar-refractivity contribution in [3.63, 3.8) is 0 Å². The highest BCUT2D eigenvalue weighted by atomic mass is 32.2. The molecule has 0 atom stereocenters. The van der Waals surface area contributed by atoms with Gasteiger partial charge >= 0.3 is 0 Å². The number of nitrogens with one attached hydrogen (secondary N) is 2. The van der Waals surface area contributed by atoms with Crippen molar-refractivity contribution in [1.29, 1.82) is 0 Å². The van der Waals surface area contributed by atoms with Crippen LogP contribution in [0.3, 0.4) is 0 Å². The lowest BCUT2D eigenvalue weighted by Gasteiger charge is -2.14. The zero-order chi connectivity index (χ0) is 19.3. The number of methoxy groups -OCH3 is 1. The minimum Gasteiger partial charge on any atom is -0.495 e. The third-order valence-electron chi connectivity index (χ3n) is 3.82. The van der Waals surface area contributed by atoms with E-state index in [1.807, 2.05) is 0 Å². The number of para-hydroxylation sites is 3. The molecule has 3 rings (SSSR count). The summed E-state index contributed by atoms with van der Waals surface area (Å²) in [6.45, 7) is 0. The summed E-state index contributed by atoms with van der Waals surface area (Å²) < 4.78 is 32.8. The lowest BCUT2D eigenvalue weighted by molar-refractivity contribution is 0.102. The van der Waals surface area contributed by atoms with Crippen molar-refractivity contribution in [3.05, 3.63) is 84.4 Å². The second-order valence-corrected chi connectivity index (χ2v) is 7.30. The van der Waals surface area contributed by atoms with Crippen LogP contribution in [-0.4, -0.2) is 21.4 Å². The van der Waals surface area contributed by atoms with Crippen LogP contribution in [0.2, 0.25) is 0 Å². The topological polar surface area (TPSA) is 84.5 Å². The zero-order valence-electron chi connectivity index (χ0n) is 14.5. The van der Waals surface area contributed by atoms with E-state index in [4.69, 9.17) is 4.74 Å². The van der Waals surface area contributed by atoms with E-state index in [1.54, 1.807) is 60.7 Å². The second kappa shape index (κ2) is 7.92. The van der Waals surface area contributed by atoms with Gasteiger partial charge in [0.1, 0.15) is 5.75 Å². The van der Waals surface area contributed by atoms with Crippen molar-refractivity contribution in [2.24, 2.45) is 0 Å². The smallest absolute Gasteiger partial charge is 0.261 e. The Morgan fingerprint density at radius 2 is 1.41 bits per heavy atom. The van der Waals surface area contributed by atoms with Crippen LogP contribution in [0.1, 0.15) is 10.4 Å². The third-order valence-corrected chi connectivity index (χ3v) is 5.21. The number of hydrogen-bond donors (Lipinski definition) is 2. The van der Waals surface area contributed by atoms with E-state index < -0.39 is 15.9 Å². The summed E-state index contributed by atoms with van der Waals surface area (Å²) in [5.41, 5.74) is 0.877. The number of ether oxygens (including phenoxy) is 1. The normalized spacial score (nSPS) is 10.9. The number of sulfonamides is 1. The average Bonchev–Trinajstić information content (AvgIpc) is 2.69. The van der Waals surface area contributed by atoms with Gasteiger partial charge in [-0.15, -0.1) is 0 Å². The maximum absolute atomic E-state index is 12.7. The van der Waals surface area contributed by atoms with Crippen LogP contribution < -0.4 is 14.8 Å². The Balaban J connectivity index is 1.89. The van der Waals surface area contributed by atoms with E-state index in [1.165, 1.54) is 25.3 Å². The average molecular weight is 382 g/mol. The molecule has 0 aromatic heterocycles. The van der Waals surface area contributed by atoms with E-state index in [9.17, 15) is 13.2 Å². The van der Waals surface area contributed by atoms with Crippen molar-refractivity contribution in [2.75, 3.05) is 17.1 Å². The maximum atomic E-state index is 12.7. The van der Waals surface area contributed by atoms with Gasteiger partial charge in [0.15, 0.2) is 0 Å². The van der Waals surface area contributed by atoms with Gasteiger partial charge in [-0.2, -0.15) is 0 Å². The van der Waals surface area contributed by atoms with Gasteiger partial charge in [0.2, 0.25) is 0 Å². The molecule has 0 aliphatic heterocycles. The Hall–Kier alpha value is -3.32. The molecule has 0 saturated heterocycles. The van der Waals surface area contributed by atoms with Crippen molar-refractivity contribution >= 4 is 27.3 Å². The molecule has 2 N–H and O–H groups in total. The zero-order valence-corrected chi connectivity index (χ0v) is 15.4. The third kappa shape index (κ3) is 4.27. The fourth-order valence-corrected chi connectivity index (χ4v) is 3.61. The Morgan fingerprint density at radius 1 is 0.815 bits per heavy atom. The van der Waals surface area contributed by atoms with Gasteiger partial charge in [0.05, 0.1) is 28.9 Å². The van der Waals surface area contributed by atoms with Crippen LogP contribution in [0, 0.1) is 0 Å². The highest BCUT2D eigenvalue weighted by Gasteiger charge is 2.19. The van der Waals surface area contributed by atoms with E-state index in [2.05, 4.69) is 10.0 Å². The number of benzene rings is 3. The molecular formula is C20H18N2O4S. The Bertz CT molecular complexity index is 1050. The molecule has 0 spiro atoms. The molecule has 7 heteroatoms. The summed E-state index contributed by atoms with van der Waals surface area (Å²) in [7, 11) is -2.30. The van der Waals surface area contributed by atoms with E-state index in [-0.39, 0.29) is 16.1 Å². The minimum absolute atomic E-state index is 0.116. The van der Waals surface area contributed by atoms with Crippen molar-refractivity contribution < 1.29 is 17.9 Å². The summed E-state index contributed by atoms with van der Waals surface area (Å²) in [5.74, 6) is 0.0547. The monoisotopic (exact) mass is 382 g/mol. The van der Waals surface area contributed by atoms with E-state index in [0.717, 1.165) is 0 Å². The minimum atomic E-state index is -3.81. The molecule has 138 valence electrons. The van der Waals surface area contributed by atoms with E-state index in [0.29, 0.717) is 11.4 Å². The summed E-state index contributed by atoms with van der Waals surface area (Å²) >= 11 is 0. The molecule has 3 aromatic rings. The standard InChI is InChI=1S/C20H18N2O4S/c1-26-19-14-8-7-13-18(19)21-20(23)16-11-5-6-12-17(16)22-27(24,25)15-9-3-2-4-10-15/h2-14,22H,1H3,(H,21,23). The molecule has 3 aromatic carbocycles. The first-order chi connectivity index (χ1) is 13.0. The molecule has 0 aliphatic carbocycles. The van der Waals surface area contributed by atoms with Crippen molar-refractivity contribution in [2.45, 2.75) is 4.90 Å². The molecule has 0 heterocycles. The van der Waals surface area contributed by atoms with Gasteiger partial charge < -0.3 is 10.1 Å². The maximum Gasteiger partial charge on any atom is 0.261 e. The van der Waals surface area contributed by atoms with Crippen LogP contribution in [0.15, 0.2) is 83.8 Å². The summed E-state index contributed by atoms with van der Waals surface area (Å²) in [6, 6.07) is 21.4. The van der Waals surface area contributed by atoms with Crippen LogP contribution in [0.25, 0.3) is 0 Å². The van der Waals surface area contributed by atoms with Gasteiger partial charge in [-0.05, 0) is 36.4 Å². The second-order valence-electron chi connectivity index (χ2n) is 5.62. The molecule has 0 radical (unpaired) electrons. The van der Waals surface area contributed by atoms with Gasteiger partial charge in [-0.3, -0.25) is 9.52 Å². The first kappa shape index (κ1) is 18.5. The van der Waals surface area contributed by atoms with Crippen LogP contribution in [-0.2, 0) is 10.0 Å². The predicted molar refractivity (Wildman–Crippen MR) is 105 cm³/mol. The Morgan fingerprint density at radius 3 is 2.11 bits per heavy atom. The Labute approximate surface area is 157 Å². The molecule has 0 bridgehead atoms. The van der Waals surface area contributed by atoms with Gasteiger partial charge in [-0.1, -0.05) is 42.5 Å². The number of carbonyl (C=O) groups excluding carboxylic acids is 1. The number of anilines is 2. The molecule has 6 nitrogen and oxygen atoms in total. The molecule has 0 aliphatic rings. The molecular weight excluding hydrogens is 364 g/mol.